The van der Waals surface area contributed by atoms with Crippen LogP contribution < -0.4 is 5.32 Å². The fraction of sp³-hybridized carbons (Fsp3) is 0.381. The number of anilines is 1. The van der Waals surface area contributed by atoms with Gasteiger partial charge in [-0.25, -0.2) is 9.50 Å². The van der Waals surface area contributed by atoms with Crippen molar-refractivity contribution in [3.05, 3.63) is 59.5 Å². The third-order valence-electron chi connectivity index (χ3n) is 5.33. The fourth-order valence-corrected chi connectivity index (χ4v) is 3.67. The second-order valence-electron chi connectivity index (χ2n) is 7.21. The topological polar surface area (TPSA) is 65.8 Å². The van der Waals surface area contributed by atoms with E-state index in [1.807, 2.05) is 19.1 Å². The van der Waals surface area contributed by atoms with Crippen LogP contribution in [0.3, 0.4) is 0 Å². The van der Waals surface area contributed by atoms with Crippen LogP contribution in [0.15, 0.2) is 42.7 Å². The molecular weight excluding hydrogens is 352 g/mol. The molecule has 2 aromatic heterocycles. The van der Waals surface area contributed by atoms with E-state index < -0.39 is 0 Å². The van der Waals surface area contributed by atoms with Crippen molar-refractivity contribution in [2.75, 3.05) is 38.0 Å². The van der Waals surface area contributed by atoms with E-state index in [-0.39, 0.29) is 5.91 Å². The molecule has 1 fully saturated rings. The van der Waals surface area contributed by atoms with Gasteiger partial charge in [0, 0.05) is 50.8 Å². The van der Waals surface area contributed by atoms with Crippen LogP contribution in [-0.2, 0) is 6.54 Å². The van der Waals surface area contributed by atoms with Crippen molar-refractivity contribution in [3.63, 3.8) is 0 Å². The van der Waals surface area contributed by atoms with Gasteiger partial charge in [-0.2, -0.15) is 5.10 Å². The number of rotatable bonds is 5. The maximum atomic E-state index is 12.8. The van der Waals surface area contributed by atoms with E-state index in [1.54, 1.807) is 23.0 Å². The van der Waals surface area contributed by atoms with Gasteiger partial charge in [-0.15, -0.1) is 0 Å². The Balaban J connectivity index is 1.40. The molecule has 0 aliphatic carbocycles. The third kappa shape index (κ3) is 3.90. The molecule has 1 saturated heterocycles. The number of hydrogen-bond donors (Lipinski definition) is 1. The molecule has 3 aromatic rings. The SMILES string of the molecule is CCN1CCN(Cc2ccc(NC(=O)c3c(C)nn4cccnc34)cc2)CC1. The summed E-state index contributed by atoms with van der Waals surface area (Å²) in [5, 5.41) is 7.32. The summed E-state index contributed by atoms with van der Waals surface area (Å²) in [6.45, 7) is 10.6. The minimum atomic E-state index is -0.186. The lowest BCUT2D eigenvalue weighted by Crippen LogP contribution is -2.45. The first-order valence-corrected chi connectivity index (χ1v) is 9.79. The van der Waals surface area contributed by atoms with Gasteiger partial charge >= 0.3 is 0 Å². The molecule has 1 aromatic carbocycles. The average molecular weight is 378 g/mol. The Hall–Kier alpha value is -2.77. The molecule has 28 heavy (non-hydrogen) atoms. The first-order valence-electron chi connectivity index (χ1n) is 9.79. The Bertz CT molecular complexity index is 957. The standard InChI is InChI=1S/C21H26N6O/c1-3-25-11-13-26(14-12-25)15-17-5-7-18(8-6-17)23-21(28)19-16(2)24-27-10-4-9-22-20(19)27/h4-10H,3,11-15H2,1-2H3,(H,23,28). The smallest absolute Gasteiger partial charge is 0.261 e. The second-order valence-corrected chi connectivity index (χ2v) is 7.21. The fourth-order valence-electron chi connectivity index (χ4n) is 3.67. The molecule has 1 amide bonds. The van der Waals surface area contributed by atoms with Gasteiger partial charge in [0.2, 0.25) is 0 Å². The largest absolute Gasteiger partial charge is 0.322 e. The molecule has 0 saturated carbocycles. The number of fused-ring (bicyclic) bond motifs is 1. The Morgan fingerprint density at radius 2 is 1.82 bits per heavy atom. The summed E-state index contributed by atoms with van der Waals surface area (Å²) in [6.07, 6.45) is 3.46. The van der Waals surface area contributed by atoms with Gasteiger partial charge in [-0.05, 0) is 37.2 Å². The molecule has 7 nitrogen and oxygen atoms in total. The van der Waals surface area contributed by atoms with Gasteiger partial charge in [0.25, 0.3) is 5.91 Å². The Kier molecular flexibility index (Phi) is 5.36. The third-order valence-corrected chi connectivity index (χ3v) is 5.33. The lowest BCUT2D eigenvalue weighted by atomic mass is 10.1. The summed E-state index contributed by atoms with van der Waals surface area (Å²) >= 11 is 0. The van der Waals surface area contributed by atoms with Crippen molar-refractivity contribution >= 4 is 17.2 Å². The number of hydrogen-bond acceptors (Lipinski definition) is 5. The summed E-state index contributed by atoms with van der Waals surface area (Å²) in [6, 6.07) is 9.89. The molecular formula is C21H26N6O. The molecule has 3 heterocycles. The van der Waals surface area contributed by atoms with E-state index in [0.717, 1.165) is 45.0 Å². The summed E-state index contributed by atoms with van der Waals surface area (Å²) in [7, 11) is 0. The number of benzene rings is 1. The molecule has 0 radical (unpaired) electrons. The number of likely N-dealkylation sites (N-methyl/N-ethyl adjacent to an activating group) is 1. The van der Waals surface area contributed by atoms with Crippen LogP contribution in [0.25, 0.3) is 5.65 Å². The lowest BCUT2D eigenvalue weighted by molar-refractivity contribution is 0.102. The van der Waals surface area contributed by atoms with Crippen LogP contribution in [0.1, 0.15) is 28.5 Å². The van der Waals surface area contributed by atoms with Crippen LogP contribution in [0, 0.1) is 6.92 Å². The molecule has 146 valence electrons. The first-order chi connectivity index (χ1) is 13.6. The number of aromatic nitrogens is 3. The molecule has 1 aliphatic heterocycles. The average Bonchev–Trinajstić information content (AvgIpc) is 3.06. The van der Waals surface area contributed by atoms with Gasteiger partial charge in [0.1, 0.15) is 5.56 Å². The second kappa shape index (κ2) is 8.08. The summed E-state index contributed by atoms with van der Waals surface area (Å²) in [5.41, 5.74) is 3.79. The van der Waals surface area contributed by atoms with Crippen LogP contribution in [-0.4, -0.2) is 63.0 Å². The number of aryl methyl sites for hydroxylation is 1. The number of carbonyl (C=O) groups is 1. The van der Waals surface area contributed by atoms with Crippen molar-refractivity contribution < 1.29 is 4.79 Å². The molecule has 1 aliphatic rings. The zero-order chi connectivity index (χ0) is 19.5. The van der Waals surface area contributed by atoms with Crippen molar-refractivity contribution in [2.24, 2.45) is 0 Å². The maximum absolute atomic E-state index is 12.8. The minimum Gasteiger partial charge on any atom is -0.322 e. The zero-order valence-electron chi connectivity index (χ0n) is 16.4. The Morgan fingerprint density at radius 3 is 2.54 bits per heavy atom. The van der Waals surface area contributed by atoms with Crippen molar-refractivity contribution in [1.29, 1.82) is 0 Å². The Morgan fingerprint density at radius 1 is 1.11 bits per heavy atom. The molecule has 7 heteroatoms. The highest BCUT2D eigenvalue weighted by Gasteiger charge is 2.18. The van der Waals surface area contributed by atoms with E-state index >= 15 is 0 Å². The highest BCUT2D eigenvalue weighted by molar-refractivity contribution is 6.09. The van der Waals surface area contributed by atoms with E-state index in [2.05, 4.69) is 44.3 Å². The van der Waals surface area contributed by atoms with E-state index in [9.17, 15) is 4.79 Å². The number of nitrogens with zero attached hydrogens (tertiary/aromatic N) is 5. The monoisotopic (exact) mass is 378 g/mol. The van der Waals surface area contributed by atoms with Gasteiger partial charge in [-0.1, -0.05) is 19.1 Å². The summed E-state index contributed by atoms with van der Waals surface area (Å²) in [4.78, 5) is 22.0. The Labute approximate surface area is 165 Å². The summed E-state index contributed by atoms with van der Waals surface area (Å²) in [5.74, 6) is -0.186. The van der Waals surface area contributed by atoms with Gasteiger partial charge in [-0.3, -0.25) is 9.69 Å². The quantitative estimate of drug-likeness (QED) is 0.739. The van der Waals surface area contributed by atoms with Gasteiger partial charge in [0.05, 0.1) is 5.69 Å². The van der Waals surface area contributed by atoms with Crippen LogP contribution in [0.2, 0.25) is 0 Å². The minimum absolute atomic E-state index is 0.186. The maximum Gasteiger partial charge on any atom is 0.261 e. The van der Waals surface area contributed by atoms with Crippen LogP contribution in [0.4, 0.5) is 5.69 Å². The van der Waals surface area contributed by atoms with Crippen LogP contribution >= 0.6 is 0 Å². The van der Waals surface area contributed by atoms with Crippen molar-refractivity contribution in [3.8, 4) is 0 Å². The predicted octanol–water partition coefficient (Wildman–Crippen LogP) is 2.43. The lowest BCUT2D eigenvalue weighted by Gasteiger charge is -2.34. The molecule has 0 bridgehead atoms. The van der Waals surface area contributed by atoms with Crippen LogP contribution in [0.5, 0.6) is 0 Å². The first kappa shape index (κ1) is 18.6. The van der Waals surface area contributed by atoms with Crippen molar-refractivity contribution in [2.45, 2.75) is 20.4 Å². The molecule has 0 spiro atoms. The number of carbonyl (C=O) groups excluding carboxylic acids is 1. The number of nitrogens with one attached hydrogen (secondary N) is 1. The molecule has 1 N–H and O–H groups in total. The summed E-state index contributed by atoms with van der Waals surface area (Å²) < 4.78 is 1.63. The predicted molar refractivity (Wildman–Crippen MR) is 110 cm³/mol. The highest BCUT2D eigenvalue weighted by atomic mass is 16.1. The highest BCUT2D eigenvalue weighted by Crippen LogP contribution is 2.17. The molecule has 0 atom stereocenters. The van der Waals surface area contributed by atoms with E-state index in [1.165, 1.54) is 5.56 Å². The van der Waals surface area contributed by atoms with Gasteiger partial charge in [0.15, 0.2) is 5.65 Å². The number of piperazine rings is 1. The number of amides is 1. The van der Waals surface area contributed by atoms with E-state index in [4.69, 9.17) is 0 Å². The van der Waals surface area contributed by atoms with Crippen molar-refractivity contribution in [1.82, 2.24) is 24.4 Å². The van der Waals surface area contributed by atoms with E-state index in [0.29, 0.717) is 16.9 Å². The zero-order valence-corrected chi connectivity index (χ0v) is 16.4. The normalized spacial score (nSPS) is 15.8. The molecule has 0 unspecified atom stereocenters. The molecule has 4 rings (SSSR count). The van der Waals surface area contributed by atoms with Gasteiger partial charge < -0.3 is 10.2 Å².